The second kappa shape index (κ2) is 5.43. The summed E-state index contributed by atoms with van der Waals surface area (Å²) in [4.78, 5) is 16.2. The third-order valence-electron chi connectivity index (χ3n) is 5.00. The maximum absolute atomic E-state index is 12.4. The lowest BCUT2D eigenvalue weighted by atomic mass is 9.96. The van der Waals surface area contributed by atoms with Crippen LogP contribution in [0.3, 0.4) is 0 Å². The van der Waals surface area contributed by atoms with Crippen LogP contribution in [0.4, 0.5) is 0 Å². The fraction of sp³-hybridized carbons (Fsp3) is 0.588. The second-order valence-corrected chi connectivity index (χ2v) is 6.72. The monoisotopic (exact) mass is 288 g/mol. The molecule has 1 amide bonds. The van der Waals surface area contributed by atoms with E-state index in [0.717, 1.165) is 18.7 Å². The highest BCUT2D eigenvalue weighted by Gasteiger charge is 2.52. The summed E-state index contributed by atoms with van der Waals surface area (Å²) in [5.74, 6) is -0.192. The van der Waals surface area contributed by atoms with Crippen LogP contribution in [0.2, 0.25) is 0 Å². The summed E-state index contributed by atoms with van der Waals surface area (Å²) in [6, 6.07) is 9.88. The van der Waals surface area contributed by atoms with Gasteiger partial charge in [0.1, 0.15) is 6.10 Å². The molecule has 114 valence electrons. The molecule has 1 saturated carbocycles. The minimum Gasteiger partial charge on any atom is -0.382 e. The fourth-order valence-electron chi connectivity index (χ4n) is 3.23. The van der Waals surface area contributed by atoms with Crippen molar-refractivity contribution in [3.8, 4) is 0 Å². The van der Waals surface area contributed by atoms with Gasteiger partial charge in [-0.15, -0.1) is 0 Å². The zero-order valence-corrected chi connectivity index (χ0v) is 12.8. The van der Waals surface area contributed by atoms with Crippen LogP contribution in [-0.2, 0) is 4.79 Å². The van der Waals surface area contributed by atoms with Crippen LogP contribution in [0.1, 0.15) is 31.4 Å². The van der Waals surface area contributed by atoms with Gasteiger partial charge in [0.05, 0.1) is 6.04 Å². The maximum Gasteiger partial charge on any atom is 0.252 e. The molecule has 3 rings (SSSR count). The van der Waals surface area contributed by atoms with E-state index < -0.39 is 6.10 Å². The van der Waals surface area contributed by atoms with E-state index in [4.69, 9.17) is 0 Å². The van der Waals surface area contributed by atoms with Crippen molar-refractivity contribution < 1.29 is 9.90 Å². The second-order valence-electron chi connectivity index (χ2n) is 6.72. The van der Waals surface area contributed by atoms with Gasteiger partial charge >= 0.3 is 0 Å². The van der Waals surface area contributed by atoms with Crippen molar-refractivity contribution in [2.45, 2.75) is 31.9 Å². The predicted octanol–water partition coefficient (Wildman–Crippen LogP) is 1.66. The third kappa shape index (κ3) is 2.97. The summed E-state index contributed by atoms with van der Waals surface area (Å²) >= 11 is 0. The Morgan fingerprint density at radius 1 is 1.33 bits per heavy atom. The highest BCUT2D eigenvalue weighted by atomic mass is 16.3. The molecule has 1 aromatic carbocycles. The number of benzene rings is 1. The molecular weight excluding hydrogens is 264 g/mol. The zero-order valence-electron chi connectivity index (χ0n) is 12.8. The van der Waals surface area contributed by atoms with E-state index >= 15 is 0 Å². The summed E-state index contributed by atoms with van der Waals surface area (Å²) in [5.41, 5.74) is 1.65. The average Bonchev–Trinajstić information content (AvgIpc) is 3.26. The molecule has 1 N–H and O–H groups in total. The van der Waals surface area contributed by atoms with E-state index in [2.05, 4.69) is 4.90 Å². The smallest absolute Gasteiger partial charge is 0.252 e. The number of nitrogens with zero attached hydrogens (tertiary/aromatic N) is 2. The highest BCUT2D eigenvalue weighted by Crippen LogP contribution is 2.52. The first-order valence-electron chi connectivity index (χ1n) is 7.73. The fourth-order valence-corrected chi connectivity index (χ4v) is 3.23. The van der Waals surface area contributed by atoms with Gasteiger partial charge in [0.2, 0.25) is 0 Å². The molecule has 2 aliphatic rings. The number of likely N-dealkylation sites (tertiary alicyclic amines) is 1. The quantitative estimate of drug-likeness (QED) is 0.896. The van der Waals surface area contributed by atoms with Crippen LogP contribution >= 0.6 is 0 Å². The molecule has 4 nitrogen and oxygen atoms in total. The molecule has 21 heavy (non-hydrogen) atoms. The van der Waals surface area contributed by atoms with Crippen LogP contribution in [-0.4, -0.2) is 53.6 Å². The molecule has 2 unspecified atom stereocenters. The standard InChI is InChI=1S/C17H24N2O2/c1-13(14-6-4-3-5-7-14)18(2)16(21)15(20)10-19-11-17(12-19)8-9-17/h3-7,13,15,20H,8-12H2,1-2H3. The molecule has 0 radical (unpaired) electrons. The molecule has 1 aliphatic heterocycles. The van der Waals surface area contributed by atoms with Crippen LogP contribution in [0, 0.1) is 5.41 Å². The van der Waals surface area contributed by atoms with Gasteiger partial charge in [-0.3, -0.25) is 9.69 Å². The highest BCUT2D eigenvalue weighted by molar-refractivity contribution is 5.81. The Kier molecular flexibility index (Phi) is 3.76. The first-order valence-corrected chi connectivity index (χ1v) is 7.73. The number of hydrogen-bond donors (Lipinski definition) is 1. The minimum absolute atomic E-state index is 0.0282. The lowest BCUT2D eigenvalue weighted by molar-refractivity contribution is -0.143. The van der Waals surface area contributed by atoms with Gasteiger partial charge in [0.15, 0.2) is 0 Å². The molecule has 0 aromatic heterocycles. The van der Waals surface area contributed by atoms with Crippen molar-refractivity contribution in [1.29, 1.82) is 0 Å². The Bertz CT molecular complexity index is 505. The summed E-state index contributed by atoms with van der Waals surface area (Å²) in [7, 11) is 1.77. The number of carbonyl (C=O) groups excluding carboxylic acids is 1. The molecule has 2 atom stereocenters. The Hall–Kier alpha value is -1.39. The number of rotatable bonds is 5. The van der Waals surface area contributed by atoms with E-state index in [9.17, 15) is 9.90 Å². The van der Waals surface area contributed by atoms with Crippen LogP contribution in [0.5, 0.6) is 0 Å². The molecular formula is C17H24N2O2. The van der Waals surface area contributed by atoms with Crippen LogP contribution in [0.15, 0.2) is 30.3 Å². The van der Waals surface area contributed by atoms with E-state index in [1.54, 1.807) is 11.9 Å². The summed E-state index contributed by atoms with van der Waals surface area (Å²) in [6.07, 6.45) is 1.72. The molecule has 1 aliphatic carbocycles. The van der Waals surface area contributed by atoms with Gasteiger partial charge < -0.3 is 10.0 Å². The lowest BCUT2D eigenvalue weighted by Crippen LogP contribution is -2.53. The molecule has 0 bridgehead atoms. The van der Waals surface area contributed by atoms with Gasteiger partial charge in [-0.1, -0.05) is 30.3 Å². The first kappa shape index (κ1) is 14.5. The largest absolute Gasteiger partial charge is 0.382 e. The molecule has 1 saturated heterocycles. The van der Waals surface area contributed by atoms with Crippen molar-refractivity contribution in [2.24, 2.45) is 5.41 Å². The van der Waals surface area contributed by atoms with Crippen molar-refractivity contribution in [1.82, 2.24) is 9.80 Å². The number of aliphatic hydroxyl groups is 1. The number of aliphatic hydroxyl groups excluding tert-OH is 1. The number of carbonyl (C=O) groups is 1. The number of hydrogen-bond acceptors (Lipinski definition) is 3. The molecule has 2 fully saturated rings. The Balaban J connectivity index is 1.53. The van der Waals surface area contributed by atoms with E-state index in [1.165, 1.54) is 12.8 Å². The topological polar surface area (TPSA) is 43.8 Å². The van der Waals surface area contributed by atoms with Crippen LogP contribution in [0.25, 0.3) is 0 Å². The summed E-state index contributed by atoms with van der Waals surface area (Å²) in [5, 5.41) is 10.2. The van der Waals surface area contributed by atoms with E-state index in [0.29, 0.717) is 12.0 Å². The van der Waals surface area contributed by atoms with Gasteiger partial charge in [-0.25, -0.2) is 0 Å². The number of β-amino-alcohol motifs (C(OH)–C–C–N with tert-alkyl or cyclic N) is 1. The molecule has 4 heteroatoms. The lowest BCUT2D eigenvalue weighted by Gasteiger charge is -2.41. The minimum atomic E-state index is -0.919. The summed E-state index contributed by atoms with van der Waals surface area (Å²) < 4.78 is 0. The van der Waals surface area contributed by atoms with Gasteiger partial charge in [-0.2, -0.15) is 0 Å². The first-order chi connectivity index (χ1) is 10.0. The maximum atomic E-state index is 12.4. The number of amides is 1. The van der Waals surface area contributed by atoms with Gasteiger partial charge in [0.25, 0.3) is 5.91 Å². The molecule has 1 aromatic rings. The van der Waals surface area contributed by atoms with Crippen LogP contribution < -0.4 is 0 Å². The average molecular weight is 288 g/mol. The Morgan fingerprint density at radius 3 is 2.52 bits per heavy atom. The van der Waals surface area contributed by atoms with Crippen molar-refractivity contribution in [3.05, 3.63) is 35.9 Å². The Morgan fingerprint density at radius 2 is 1.95 bits per heavy atom. The molecule has 1 spiro atoms. The molecule has 1 heterocycles. The van der Waals surface area contributed by atoms with E-state index in [1.807, 2.05) is 37.3 Å². The van der Waals surface area contributed by atoms with E-state index in [-0.39, 0.29) is 11.9 Å². The summed E-state index contributed by atoms with van der Waals surface area (Å²) in [6.45, 7) is 4.56. The van der Waals surface area contributed by atoms with Crippen molar-refractivity contribution >= 4 is 5.91 Å². The van der Waals surface area contributed by atoms with Gasteiger partial charge in [0, 0.05) is 26.7 Å². The van der Waals surface area contributed by atoms with Crippen molar-refractivity contribution in [2.75, 3.05) is 26.7 Å². The van der Waals surface area contributed by atoms with Gasteiger partial charge in [-0.05, 0) is 30.7 Å². The Labute approximate surface area is 126 Å². The SMILES string of the molecule is CC(c1ccccc1)N(C)C(=O)C(O)CN1CC2(CC2)C1. The number of likely N-dealkylation sites (N-methyl/N-ethyl adjacent to an activating group) is 1. The van der Waals surface area contributed by atoms with Crippen molar-refractivity contribution in [3.63, 3.8) is 0 Å². The predicted molar refractivity (Wildman–Crippen MR) is 81.7 cm³/mol. The normalized spacial score (nSPS) is 22.4. The third-order valence-corrected chi connectivity index (χ3v) is 5.00. The zero-order chi connectivity index (χ0) is 15.0.